The molecule has 0 aliphatic carbocycles. The van der Waals surface area contributed by atoms with Crippen LogP contribution in [0.5, 0.6) is 0 Å². The molecule has 0 amide bonds. The van der Waals surface area contributed by atoms with Crippen molar-refractivity contribution in [3.8, 4) is 0 Å². The number of ketones is 1. The van der Waals surface area contributed by atoms with Crippen molar-refractivity contribution in [2.24, 2.45) is 0 Å². The van der Waals surface area contributed by atoms with Crippen molar-refractivity contribution in [1.82, 2.24) is 4.98 Å². The fraction of sp³-hybridized carbons (Fsp3) is 0.0909. The van der Waals surface area contributed by atoms with Gasteiger partial charge in [-0.25, -0.2) is 13.8 Å². The Bertz CT molecular complexity index is 551. The molecule has 0 spiro atoms. The molecule has 0 bridgehead atoms. The van der Waals surface area contributed by atoms with Crippen LogP contribution < -0.4 is 0 Å². The zero-order valence-corrected chi connectivity index (χ0v) is 9.15. The summed E-state index contributed by atoms with van der Waals surface area (Å²) < 4.78 is 26.0. The Labute approximate surface area is 94.6 Å². The van der Waals surface area contributed by atoms with Gasteiger partial charge in [0.25, 0.3) is 0 Å². The molecule has 0 aliphatic rings. The Hall–Kier alpha value is -1.62. The Morgan fingerprint density at radius 1 is 1.38 bits per heavy atom. The van der Waals surface area contributed by atoms with Gasteiger partial charge >= 0.3 is 0 Å². The first-order valence-corrected chi connectivity index (χ1v) is 5.38. The molecule has 1 heterocycles. The number of hydrogen-bond acceptors (Lipinski definition) is 3. The molecule has 2 rings (SSSR count). The highest BCUT2D eigenvalue weighted by Crippen LogP contribution is 2.16. The number of rotatable bonds is 2. The van der Waals surface area contributed by atoms with Crippen molar-refractivity contribution >= 4 is 17.1 Å². The summed E-state index contributed by atoms with van der Waals surface area (Å²) in [6.45, 7) is 1.75. The third kappa shape index (κ3) is 1.99. The lowest BCUT2D eigenvalue weighted by Crippen LogP contribution is -2.05. The van der Waals surface area contributed by atoms with Gasteiger partial charge in [0.15, 0.2) is 0 Å². The van der Waals surface area contributed by atoms with Gasteiger partial charge in [0.2, 0.25) is 5.78 Å². The van der Waals surface area contributed by atoms with Crippen LogP contribution in [0.25, 0.3) is 0 Å². The van der Waals surface area contributed by atoms with Crippen LogP contribution in [-0.2, 0) is 0 Å². The summed E-state index contributed by atoms with van der Waals surface area (Å²) in [5.74, 6) is -2.10. The van der Waals surface area contributed by atoms with E-state index >= 15 is 0 Å². The number of aryl methyl sites for hydroxylation is 1. The molecule has 0 atom stereocenters. The van der Waals surface area contributed by atoms with E-state index in [-0.39, 0.29) is 11.3 Å². The van der Waals surface area contributed by atoms with Crippen molar-refractivity contribution < 1.29 is 13.6 Å². The first kappa shape index (κ1) is 10.9. The molecule has 5 heteroatoms. The monoisotopic (exact) mass is 239 g/mol. The Kier molecular flexibility index (Phi) is 2.78. The molecule has 2 nitrogen and oxygen atoms in total. The zero-order chi connectivity index (χ0) is 11.7. The summed E-state index contributed by atoms with van der Waals surface area (Å²) in [6.07, 6.45) is 0. The first-order chi connectivity index (χ1) is 7.58. The van der Waals surface area contributed by atoms with Gasteiger partial charge in [0.05, 0.1) is 10.6 Å². The molecular formula is C11H7F2NOS. The van der Waals surface area contributed by atoms with Crippen LogP contribution >= 0.6 is 11.3 Å². The van der Waals surface area contributed by atoms with Crippen molar-refractivity contribution in [1.29, 1.82) is 0 Å². The number of aromatic nitrogens is 1. The van der Waals surface area contributed by atoms with E-state index in [2.05, 4.69) is 4.98 Å². The SMILES string of the molecule is Cc1nc(C(=O)c2ccc(F)cc2F)cs1. The minimum absolute atomic E-state index is 0.160. The number of carbonyl (C=O) groups is 1. The van der Waals surface area contributed by atoms with E-state index in [4.69, 9.17) is 0 Å². The number of halogens is 2. The largest absolute Gasteiger partial charge is 0.287 e. The predicted octanol–water partition coefficient (Wildman–Crippen LogP) is 2.96. The lowest BCUT2D eigenvalue weighted by Gasteiger charge is -1.99. The third-order valence-electron chi connectivity index (χ3n) is 2.03. The molecule has 0 saturated carbocycles. The highest BCUT2D eigenvalue weighted by Gasteiger charge is 2.16. The lowest BCUT2D eigenvalue weighted by atomic mass is 10.1. The Morgan fingerprint density at radius 2 is 2.12 bits per heavy atom. The topological polar surface area (TPSA) is 30.0 Å². The minimum Gasteiger partial charge on any atom is -0.287 e. The summed E-state index contributed by atoms with van der Waals surface area (Å²) in [5, 5.41) is 2.28. The van der Waals surface area contributed by atoms with E-state index in [9.17, 15) is 13.6 Å². The normalized spacial score (nSPS) is 10.4. The molecular weight excluding hydrogens is 232 g/mol. The molecule has 0 radical (unpaired) electrons. The predicted molar refractivity (Wildman–Crippen MR) is 56.6 cm³/mol. The molecule has 0 saturated heterocycles. The van der Waals surface area contributed by atoms with Crippen molar-refractivity contribution in [2.45, 2.75) is 6.92 Å². The summed E-state index contributed by atoms with van der Waals surface area (Å²) in [4.78, 5) is 15.7. The lowest BCUT2D eigenvalue weighted by molar-refractivity contribution is 0.103. The number of carbonyl (C=O) groups excluding carboxylic acids is 1. The smallest absolute Gasteiger partial charge is 0.215 e. The van der Waals surface area contributed by atoms with Crippen LogP contribution in [0.3, 0.4) is 0 Å². The molecule has 0 unspecified atom stereocenters. The van der Waals surface area contributed by atoms with Gasteiger partial charge in [-0.2, -0.15) is 0 Å². The maximum Gasteiger partial charge on any atom is 0.215 e. The fourth-order valence-corrected chi connectivity index (χ4v) is 1.87. The van der Waals surface area contributed by atoms with Gasteiger partial charge in [0.1, 0.15) is 17.3 Å². The van der Waals surface area contributed by atoms with Crippen LogP contribution in [0.2, 0.25) is 0 Å². The van der Waals surface area contributed by atoms with Crippen molar-refractivity contribution in [3.63, 3.8) is 0 Å². The van der Waals surface area contributed by atoms with Gasteiger partial charge in [-0.15, -0.1) is 11.3 Å². The van der Waals surface area contributed by atoms with E-state index in [0.29, 0.717) is 6.07 Å². The Morgan fingerprint density at radius 3 is 2.69 bits per heavy atom. The quantitative estimate of drug-likeness (QED) is 0.754. The minimum atomic E-state index is -0.865. The summed E-state index contributed by atoms with van der Waals surface area (Å²) in [7, 11) is 0. The number of nitrogens with zero attached hydrogens (tertiary/aromatic N) is 1. The highest BCUT2D eigenvalue weighted by atomic mass is 32.1. The van der Waals surface area contributed by atoms with E-state index in [1.165, 1.54) is 11.3 Å². The van der Waals surface area contributed by atoms with Crippen LogP contribution in [0.4, 0.5) is 8.78 Å². The van der Waals surface area contributed by atoms with Crippen molar-refractivity contribution in [3.05, 3.63) is 51.5 Å². The molecule has 1 aromatic heterocycles. The van der Waals surface area contributed by atoms with Crippen LogP contribution in [-0.4, -0.2) is 10.8 Å². The van der Waals surface area contributed by atoms with Gasteiger partial charge in [-0.1, -0.05) is 0 Å². The molecule has 2 aromatic rings. The van der Waals surface area contributed by atoms with Crippen LogP contribution in [0.1, 0.15) is 21.1 Å². The van der Waals surface area contributed by atoms with Crippen LogP contribution in [0.15, 0.2) is 23.6 Å². The zero-order valence-electron chi connectivity index (χ0n) is 8.33. The van der Waals surface area contributed by atoms with E-state index in [1.807, 2.05) is 0 Å². The second-order valence-corrected chi connectivity index (χ2v) is 4.27. The standard InChI is InChI=1S/C11H7F2NOS/c1-6-14-10(5-16-6)11(15)8-3-2-7(12)4-9(8)13/h2-5H,1H3. The highest BCUT2D eigenvalue weighted by molar-refractivity contribution is 7.09. The molecule has 16 heavy (non-hydrogen) atoms. The molecule has 82 valence electrons. The van der Waals surface area contributed by atoms with E-state index < -0.39 is 17.4 Å². The van der Waals surface area contributed by atoms with Crippen LogP contribution in [0, 0.1) is 18.6 Å². The average molecular weight is 239 g/mol. The summed E-state index contributed by atoms with van der Waals surface area (Å²) >= 11 is 1.31. The number of thiazole rings is 1. The van der Waals surface area contributed by atoms with Gasteiger partial charge in [-0.3, -0.25) is 4.79 Å². The van der Waals surface area contributed by atoms with Gasteiger partial charge in [0, 0.05) is 11.4 Å². The summed E-state index contributed by atoms with van der Waals surface area (Å²) in [5.41, 5.74) is 0.0275. The second kappa shape index (κ2) is 4.09. The van der Waals surface area contributed by atoms with Crippen molar-refractivity contribution in [2.75, 3.05) is 0 Å². The molecule has 0 N–H and O–H groups in total. The molecule has 0 aliphatic heterocycles. The first-order valence-electron chi connectivity index (χ1n) is 4.50. The maximum atomic E-state index is 13.3. The van der Waals surface area contributed by atoms with Gasteiger partial charge < -0.3 is 0 Å². The number of benzene rings is 1. The fourth-order valence-electron chi connectivity index (χ4n) is 1.28. The number of hydrogen-bond donors (Lipinski definition) is 0. The van der Waals surface area contributed by atoms with E-state index in [0.717, 1.165) is 17.1 Å². The maximum absolute atomic E-state index is 13.3. The Balaban J connectivity index is 2.41. The second-order valence-electron chi connectivity index (χ2n) is 3.21. The summed E-state index contributed by atoms with van der Waals surface area (Å²) in [6, 6.07) is 2.86. The molecule has 0 fully saturated rings. The third-order valence-corrected chi connectivity index (χ3v) is 2.80. The average Bonchev–Trinajstić information content (AvgIpc) is 2.64. The molecule has 1 aromatic carbocycles. The van der Waals surface area contributed by atoms with E-state index in [1.54, 1.807) is 12.3 Å². The van der Waals surface area contributed by atoms with Gasteiger partial charge in [-0.05, 0) is 19.1 Å².